The van der Waals surface area contributed by atoms with Gasteiger partial charge in [-0.3, -0.25) is 0 Å². The normalized spacial score (nSPS) is 23.3. The van der Waals surface area contributed by atoms with E-state index < -0.39 is 0 Å². The molecule has 1 atom stereocenters. The van der Waals surface area contributed by atoms with Crippen LogP contribution in [-0.2, 0) is 0 Å². The summed E-state index contributed by atoms with van der Waals surface area (Å²) in [6.45, 7) is 11.7. The molecule has 3 heteroatoms. The molecule has 1 heterocycles. The van der Waals surface area contributed by atoms with Gasteiger partial charge in [0, 0.05) is 38.6 Å². The fourth-order valence-electron chi connectivity index (χ4n) is 1.78. The maximum atomic E-state index is 5.79. The van der Waals surface area contributed by atoms with Crippen molar-refractivity contribution in [3.8, 4) is 0 Å². The fraction of sp³-hybridized carbons (Fsp3) is 1.00. The average molecular weight is 205 g/mol. The first kappa shape index (κ1) is 11.3. The molecule has 0 aliphatic carbocycles. The number of piperazine rings is 1. The molecule has 13 heavy (non-hydrogen) atoms. The molecule has 1 aliphatic heterocycles. The van der Waals surface area contributed by atoms with E-state index in [9.17, 15) is 0 Å². The van der Waals surface area contributed by atoms with Crippen molar-refractivity contribution in [2.24, 2.45) is 5.92 Å². The zero-order chi connectivity index (χ0) is 9.68. The van der Waals surface area contributed by atoms with Crippen LogP contribution in [0.4, 0.5) is 0 Å². The van der Waals surface area contributed by atoms with Gasteiger partial charge in [0.05, 0.1) is 0 Å². The van der Waals surface area contributed by atoms with Gasteiger partial charge in [0.1, 0.15) is 0 Å². The summed E-state index contributed by atoms with van der Waals surface area (Å²) in [5.74, 6) is 1.42. The first-order valence-electron chi connectivity index (χ1n) is 5.27. The van der Waals surface area contributed by atoms with E-state index in [1.807, 2.05) is 0 Å². The van der Waals surface area contributed by atoms with E-state index in [-0.39, 0.29) is 0 Å². The van der Waals surface area contributed by atoms with Gasteiger partial charge in [-0.15, -0.1) is 11.6 Å². The Morgan fingerprint density at radius 1 is 1.15 bits per heavy atom. The molecular formula is C10H21ClN2. The van der Waals surface area contributed by atoms with Crippen LogP contribution in [0.2, 0.25) is 0 Å². The molecule has 0 aromatic heterocycles. The molecule has 0 saturated carbocycles. The smallest absolute Gasteiger partial charge is 0.0261 e. The van der Waals surface area contributed by atoms with Crippen molar-refractivity contribution in [3.05, 3.63) is 0 Å². The molecule has 1 saturated heterocycles. The first-order valence-corrected chi connectivity index (χ1v) is 5.80. The summed E-state index contributed by atoms with van der Waals surface area (Å²) < 4.78 is 0. The quantitative estimate of drug-likeness (QED) is 0.641. The SMILES string of the molecule is CCN1CCN(C[C@@H](C)CCl)CC1. The third-order valence-corrected chi connectivity index (χ3v) is 3.27. The monoisotopic (exact) mass is 204 g/mol. The van der Waals surface area contributed by atoms with Crippen molar-refractivity contribution in [1.29, 1.82) is 0 Å². The van der Waals surface area contributed by atoms with E-state index in [0.29, 0.717) is 5.92 Å². The van der Waals surface area contributed by atoms with Gasteiger partial charge >= 0.3 is 0 Å². The van der Waals surface area contributed by atoms with E-state index in [0.717, 1.165) is 5.88 Å². The summed E-state index contributed by atoms with van der Waals surface area (Å²) in [7, 11) is 0. The molecular weight excluding hydrogens is 184 g/mol. The van der Waals surface area contributed by atoms with Gasteiger partial charge in [0.25, 0.3) is 0 Å². The van der Waals surface area contributed by atoms with Crippen molar-refractivity contribution in [1.82, 2.24) is 9.80 Å². The number of alkyl halides is 1. The van der Waals surface area contributed by atoms with Crippen LogP contribution in [-0.4, -0.2) is 54.9 Å². The summed E-state index contributed by atoms with van der Waals surface area (Å²) in [5.41, 5.74) is 0. The third kappa shape index (κ3) is 3.84. The van der Waals surface area contributed by atoms with E-state index >= 15 is 0 Å². The number of nitrogens with zero attached hydrogens (tertiary/aromatic N) is 2. The highest BCUT2D eigenvalue weighted by Gasteiger charge is 2.16. The van der Waals surface area contributed by atoms with Crippen LogP contribution < -0.4 is 0 Å². The number of halogens is 1. The maximum absolute atomic E-state index is 5.79. The van der Waals surface area contributed by atoms with Crippen LogP contribution in [0.1, 0.15) is 13.8 Å². The van der Waals surface area contributed by atoms with Gasteiger partial charge in [-0.2, -0.15) is 0 Å². The van der Waals surface area contributed by atoms with E-state index in [4.69, 9.17) is 11.6 Å². The van der Waals surface area contributed by atoms with Crippen molar-refractivity contribution in [2.45, 2.75) is 13.8 Å². The lowest BCUT2D eigenvalue weighted by molar-refractivity contribution is 0.127. The lowest BCUT2D eigenvalue weighted by atomic mass is 10.2. The Labute approximate surface area is 86.8 Å². The highest BCUT2D eigenvalue weighted by atomic mass is 35.5. The Bertz CT molecular complexity index is 133. The van der Waals surface area contributed by atoms with E-state index in [2.05, 4.69) is 23.6 Å². The zero-order valence-electron chi connectivity index (χ0n) is 8.80. The van der Waals surface area contributed by atoms with Gasteiger partial charge in [-0.05, 0) is 12.5 Å². The summed E-state index contributed by atoms with van der Waals surface area (Å²) >= 11 is 5.79. The molecule has 0 bridgehead atoms. The number of rotatable bonds is 4. The fourth-order valence-corrected chi connectivity index (χ4v) is 1.88. The van der Waals surface area contributed by atoms with Crippen LogP contribution in [0, 0.1) is 5.92 Å². The van der Waals surface area contributed by atoms with Gasteiger partial charge in [-0.1, -0.05) is 13.8 Å². The molecule has 78 valence electrons. The second kappa shape index (κ2) is 5.84. The van der Waals surface area contributed by atoms with Crippen LogP contribution in [0.5, 0.6) is 0 Å². The van der Waals surface area contributed by atoms with E-state index in [1.165, 1.54) is 39.3 Å². The predicted molar refractivity (Wildman–Crippen MR) is 58.4 cm³/mol. The van der Waals surface area contributed by atoms with Crippen LogP contribution in [0.25, 0.3) is 0 Å². The third-order valence-electron chi connectivity index (χ3n) is 2.75. The van der Waals surface area contributed by atoms with Crippen LogP contribution in [0.15, 0.2) is 0 Å². The lowest BCUT2D eigenvalue weighted by Crippen LogP contribution is -2.47. The van der Waals surface area contributed by atoms with Crippen LogP contribution >= 0.6 is 11.6 Å². The Kier molecular flexibility index (Phi) is 5.07. The summed E-state index contributed by atoms with van der Waals surface area (Å²) in [5, 5.41) is 0. The molecule has 0 aromatic rings. The van der Waals surface area contributed by atoms with Gasteiger partial charge in [0.2, 0.25) is 0 Å². The molecule has 1 aliphatic rings. The second-order valence-corrected chi connectivity index (χ2v) is 4.30. The Morgan fingerprint density at radius 3 is 2.15 bits per heavy atom. The summed E-state index contributed by atoms with van der Waals surface area (Å²) in [6.07, 6.45) is 0. The van der Waals surface area contributed by atoms with Gasteiger partial charge in [-0.25, -0.2) is 0 Å². The summed E-state index contributed by atoms with van der Waals surface area (Å²) in [6, 6.07) is 0. The molecule has 0 unspecified atom stereocenters. The maximum Gasteiger partial charge on any atom is 0.0261 e. The average Bonchev–Trinajstić information content (AvgIpc) is 2.19. The summed E-state index contributed by atoms with van der Waals surface area (Å²) in [4.78, 5) is 5.03. The molecule has 2 nitrogen and oxygen atoms in total. The highest BCUT2D eigenvalue weighted by Crippen LogP contribution is 2.06. The highest BCUT2D eigenvalue weighted by molar-refractivity contribution is 6.18. The van der Waals surface area contributed by atoms with Crippen molar-refractivity contribution < 1.29 is 0 Å². The predicted octanol–water partition coefficient (Wildman–Crippen LogP) is 1.50. The molecule has 1 rings (SSSR count). The molecule has 0 radical (unpaired) electrons. The van der Waals surface area contributed by atoms with Crippen LogP contribution in [0.3, 0.4) is 0 Å². The van der Waals surface area contributed by atoms with Gasteiger partial charge in [0.15, 0.2) is 0 Å². The minimum absolute atomic E-state index is 0.634. The molecule has 0 N–H and O–H groups in total. The van der Waals surface area contributed by atoms with Crippen molar-refractivity contribution >= 4 is 11.6 Å². The minimum atomic E-state index is 0.634. The van der Waals surface area contributed by atoms with E-state index in [1.54, 1.807) is 0 Å². The minimum Gasteiger partial charge on any atom is -0.301 e. The van der Waals surface area contributed by atoms with Crippen molar-refractivity contribution in [2.75, 3.05) is 45.1 Å². The topological polar surface area (TPSA) is 6.48 Å². The molecule has 0 spiro atoms. The van der Waals surface area contributed by atoms with Crippen molar-refractivity contribution in [3.63, 3.8) is 0 Å². The largest absolute Gasteiger partial charge is 0.301 e. The van der Waals surface area contributed by atoms with Gasteiger partial charge < -0.3 is 9.80 Å². The molecule has 0 aromatic carbocycles. The standard InChI is InChI=1S/C10H21ClN2/c1-3-12-4-6-13(7-5-12)9-10(2)8-11/h10H,3-9H2,1-2H3/t10-/m0/s1. The number of hydrogen-bond acceptors (Lipinski definition) is 2. The number of likely N-dealkylation sites (N-methyl/N-ethyl adjacent to an activating group) is 1. The first-order chi connectivity index (χ1) is 6.26. The second-order valence-electron chi connectivity index (χ2n) is 3.99. The molecule has 1 fully saturated rings. The Hall–Kier alpha value is 0.210. The zero-order valence-corrected chi connectivity index (χ0v) is 9.56. The lowest BCUT2D eigenvalue weighted by Gasteiger charge is -2.35. The number of hydrogen-bond donors (Lipinski definition) is 0. The Balaban J connectivity index is 2.17. The Morgan fingerprint density at radius 2 is 1.69 bits per heavy atom. The molecule has 0 amide bonds.